The minimum atomic E-state index is -0.337. The van der Waals surface area contributed by atoms with Crippen molar-refractivity contribution in [2.45, 2.75) is 6.92 Å². The van der Waals surface area contributed by atoms with Crippen LogP contribution < -0.4 is 10.6 Å². The van der Waals surface area contributed by atoms with Crippen LogP contribution in [-0.2, 0) is 4.79 Å². The summed E-state index contributed by atoms with van der Waals surface area (Å²) in [7, 11) is 0. The first-order chi connectivity index (χ1) is 12.0. The number of amides is 2. The molecular weight excluding hydrogens is 342 g/mol. The van der Waals surface area contributed by atoms with Gasteiger partial charge >= 0.3 is 0 Å². The van der Waals surface area contributed by atoms with Gasteiger partial charge in [0, 0.05) is 23.2 Å². The standard InChI is InChI=1S/C17H14ClN5O2/c1-11(24)21-14-4-2-3-12(7-14)17(25)22-15-8-13(18)5-6-16(15)23-10-19-9-20-23/h2-10H,1H3,(H,21,24)(H,22,25). The van der Waals surface area contributed by atoms with E-state index < -0.39 is 0 Å². The Morgan fingerprint density at radius 3 is 2.68 bits per heavy atom. The average molecular weight is 356 g/mol. The van der Waals surface area contributed by atoms with Gasteiger partial charge in [0.15, 0.2) is 0 Å². The molecule has 0 spiro atoms. The topological polar surface area (TPSA) is 88.9 Å². The Morgan fingerprint density at radius 1 is 1.12 bits per heavy atom. The van der Waals surface area contributed by atoms with Crippen LogP contribution in [0.1, 0.15) is 17.3 Å². The Bertz CT molecular complexity index is 925. The molecule has 0 saturated heterocycles. The number of carbonyl (C=O) groups excluding carboxylic acids is 2. The smallest absolute Gasteiger partial charge is 0.255 e. The lowest BCUT2D eigenvalue weighted by molar-refractivity contribution is -0.114. The summed E-state index contributed by atoms with van der Waals surface area (Å²) >= 11 is 6.05. The molecule has 8 heteroatoms. The van der Waals surface area contributed by atoms with E-state index in [0.717, 1.165) is 0 Å². The predicted molar refractivity (Wildman–Crippen MR) is 95.1 cm³/mol. The van der Waals surface area contributed by atoms with Crippen molar-refractivity contribution in [3.63, 3.8) is 0 Å². The summed E-state index contributed by atoms with van der Waals surface area (Å²) in [4.78, 5) is 27.6. The van der Waals surface area contributed by atoms with Gasteiger partial charge in [-0.2, -0.15) is 5.10 Å². The molecule has 1 aromatic heterocycles. The molecule has 2 aromatic carbocycles. The quantitative estimate of drug-likeness (QED) is 0.752. The molecule has 0 unspecified atom stereocenters. The first-order valence-electron chi connectivity index (χ1n) is 7.36. The van der Waals surface area contributed by atoms with E-state index in [1.54, 1.807) is 42.5 Å². The molecule has 7 nitrogen and oxygen atoms in total. The van der Waals surface area contributed by atoms with E-state index in [1.807, 2.05) is 0 Å². The average Bonchev–Trinajstić information content (AvgIpc) is 3.09. The van der Waals surface area contributed by atoms with Crippen LogP contribution in [0.3, 0.4) is 0 Å². The molecule has 3 rings (SSSR count). The molecule has 2 N–H and O–H groups in total. The van der Waals surface area contributed by atoms with Crippen molar-refractivity contribution in [3.05, 3.63) is 65.7 Å². The maximum atomic E-state index is 12.6. The van der Waals surface area contributed by atoms with Gasteiger partial charge in [-0.3, -0.25) is 9.59 Å². The van der Waals surface area contributed by atoms with Crippen molar-refractivity contribution in [2.75, 3.05) is 10.6 Å². The van der Waals surface area contributed by atoms with Gasteiger partial charge in [0.05, 0.1) is 11.4 Å². The predicted octanol–water partition coefficient (Wildman–Crippen LogP) is 3.13. The number of anilines is 2. The SMILES string of the molecule is CC(=O)Nc1cccc(C(=O)Nc2cc(Cl)ccc2-n2cncn2)c1. The number of nitrogens with zero attached hydrogens (tertiary/aromatic N) is 3. The molecule has 25 heavy (non-hydrogen) atoms. The van der Waals surface area contributed by atoms with Gasteiger partial charge in [0.1, 0.15) is 12.7 Å². The molecule has 2 amide bonds. The van der Waals surface area contributed by atoms with Gasteiger partial charge in [-0.1, -0.05) is 17.7 Å². The van der Waals surface area contributed by atoms with E-state index in [2.05, 4.69) is 20.7 Å². The van der Waals surface area contributed by atoms with Crippen LogP contribution in [0.25, 0.3) is 5.69 Å². The fourth-order valence-corrected chi connectivity index (χ4v) is 2.45. The molecule has 1 heterocycles. The van der Waals surface area contributed by atoms with E-state index in [-0.39, 0.29) is 11.8 Å². The Balaban J connectivity index is 1.89. The third-order valence-electron chi connectivity index (χ3n) is 3.32. The first kappa shape index (κ1) is 16.7. The van der Waals surface area contributed by atoms with Gasteiger partial charge in [0.2, 0.25) is 5.91 Å². The summed E-state index contributed by atoms with van der Waals surface area (Å²) < 4.78 is 1.53. The Labute approximate surface area is 148 Å². The van der Waals surface area contributed by atoms with Crippen LogP contribution in [-0.4, -0.2) is 26.6 Å². The largest absolute Gasteiger partial charge is 0.326 e. The molecule has 3 aromatic rings. The van der Waals surface area contributed by atoms with Crippen molar-refractivity contribution < 1.29 is 9.59 Å². The summed E-state index contributed by atoms with van der Waals surface area (Å²) in [6, 6.07) is 11.7. The molecule has 0 radical (unpaired) electrons. The van der Waals surface area contributed by atoms with Gasteiger partial charge in [-0.15, -0.1) is 0 Å². The highest BCUT2D eigenvalue weighted by Gasteiger charge is 2.12. The van der Waals surface area contributed by atoms with Crippen LogP contribution in [0.15, 0.2) is 55.1 Å². The lowest BCUT2D eigenvalue weighted by atomic mass is 10.1. The molecule has 0 atom stereocenters. The third kappa shape index (κ3) is 4.02. The van der Waals surface area contributed by atoms with Crippen LogP contribution in [0, 0.1) is 0 Å². The number of hydrogen-bond donors (Lipinski definition) is 2. The molecular formula is C17H14ClN5O2. The summed E-state index contributed by atoms with van der Waals surface area (Å²) in [6.07, 6.45) is 2.92. The summed E-state index contributed by atoms with van der Waals surface area (Å²) in [5.41, 5.74) is 2.07. The van der Waals surface area contributed by atoms with Crippen molar-refractivity contribution in [1.29, 1.82) is 0 Å². The zero-order valence-electron chi connectivity index (χ0n) is 13.2. The molecule has 0 aliphatic carbocycles. The van der Waals surface area contributed by atoms with E-state index in [4.69, 9.17) is 11.6 Å². The highest BCUT2D eigenvalue weighted by molar-refractivity contribution is 6.31. The van der Waals surface area contributed by atoms with Gasteiger partial charge in [0.25, 0.3) is 5.91 Å². The van der Waals surface area contributed by atoms with Crippen molar-refractivity contribution in [1.82, 2.24) is 14.8 Å². The molecule has 0 bridgehead atoms. The number of benzene rings is 2. The van der Waals surface area contributed by atoms with E-state index in [0.29, 0.717) is 27.6 Å². The fraction of sp³-hybridized carbons (Fsp3) is 0.0588. The zero-order chi connectivity index (χ0) is 17.8. The van der Waals surface area contributed by atoms with E-state index in [1.165, 1.54) is 24.3 Å². The van der Waals surface area contributed by atoms with Crippen LogP contribution in [0.4, 0.5) is 11.4 Å². The third-order valence-corrected chi connectivity index (χ3v) is 3.55. The highest BCUT2D eigenvalue weighted by Crippen LogP contribution is 2.24. The summed E-state index contributed by atoms with van der Waals surface area (Å²) in [6.45, 7) is 1.41. The number of halogens is 1. The van der Waals surface area contributed by atoms with Gasteiger partial charge < -0.3 is 10.6 Å². The fourth-order valence-electron chi connectivity index (χ4n) is 2.28. The molecule has 0 fully saturated rings. The monoisotopic (exact) mass is 355 g/mol. The lowest BCUT2D eigenvalue weighted by Gasteiger charge is -2.12. The minimum absolute atomic E-state index is 0.208. The first-order valence-corrected chi connectivity index (χ1v) is 7.74. The second kappa shape index (κ2) is 7.14. The summed E-state index contributed by atoms with van der Waals surface area (Å²) in [5.74, 6) is -0.545. The molecule has 0 aliphatic heterocycles. The Kier molecular flexibility index (Phi) is 4.76. The number of hydrogen-bond acceptors (Lipinski definition) is 4. The van der Waals surface area contributed by atoms with Crippen LogP contribution >= 0.6 is 11.6 Å². The maximum absolute atomic E-state index is 12.6. The Morgan fingerprint density at radius 2 is 1.96 bits per heavy atom. The second-order valence-corrected chi connectivity index (χ2v) is 5.65. The number of nitrogens with one attached hydrogen (secondary N) is 2. The number of rotatable bonds is 4. The molecule has 0 saturated carbocycles. The van der Waals surface area contributed by atoms with Crippen molar-refractivity contribution in [2.24, 2.45) is 0 Å². The molecule has 126 valence electrons. The Hall–Kier alpha value is -3.19. The highest BCUT2D eigenvalue weighted by atomic mass is 35.5. The van der Waals surface area contributed by atoms with E-state index in [9.17, 15) is 9.59 Å². The number of aromatic nitrogens is 3. The lowest BCUT2D eigenvalue weighted by Crippen LogP contribution is -2.15. The van der Waals surface area contributed by atoms with E-state index >= 15 is 0 Å². The van der Waals surface area contributed by atoms with Crippen LogP contribution in [0.5, 0.6) is 0 Å². The van der Waals surface area contributed by atoms with Crippen molar-refractivity contribution in [3.8, 4) is 5.69 Å². The second-order valence-electron chi connectivity index (χ2n) is 5.22. The van der Waals surface area contributed by atoms with Crippen LogP contribution in [0.2, 0.25) is 5.02 Å². The maximum Gasteiger partial charge on any atom is 0.255 e. The summed E-state index contributed by atoms with van der Waals surface area (Å²) in [5, 5.41) is 10.0. The number of carbonyl (C=O) groups is 2. The zero-order valence-corrected chi connectivity index (χ0v) is 14.0. The minimum Gasteiger partial charge on any atom is -0.326 e. The normalized spacial score (nSPS) is 10.3. The van der Waals surface area contributed by atoms with Gasteiger partial charge in [-0.05, 0) is 36.4 Å². The molecule has 0 aliphatic rings. The van der Waals surface area contributed by atoms with Crippen molar-refractivity contribution >= 4 is 34.8 Å². The van der Waals surface area contributed by atoms with Gasteiger partial charge in [-0.25, -0.2) is 9.67 Å².